The molecule has 3 aromatic rings. The lowest BCUT2D eigenvalue weighted by Crippen LogP contribution is -2.24. The van der Waals surface area contributed by atoms with Gasteiger partial charge in [-0.05, 0) is 49.6 Å². The van der Waals surface area contributed by atoms with Crippen LogP contribution in [0.5, 0.6) is 5.75 Å². The topological polar surface area (TPSA) is 87.2 Å². The summed E-state index contributed by atoms with van der Waals surface area (Å²) in [4.78, 5) is 0.206. The Labute approximate surface area is 146 Å². The summed E-state index contributed by atoms with van der Waals surface area (Å²) in [5.74, 6) is 0.688. The normalized spacial score (nSPS) is 16.0. The van der Waals surface area contributed by atoms with Crippen molar-refractivity contribution in [1.82, 2.24) is 9.19 Å². The lowest BCUT2D eigenvalue weighted by Gasteiger charge is -2.10. The van der Waals surface area contributed by atoms with Gasteiger partial charge < -0.3 is 10.5 Å². The first-order valence-corrected chi connectivity index (χ1v) is 9.62. The highest BCUT2D eigenvalue weighted by Crippen LogP contribution is 2.35. The minimum absolute atomic E-state index is 0.0429. The third-order valence-corrected chi connectivity index (χ3v) is 6.15. The molecule has 0 amide bonds. The fourth-order valence-electron chi connectivity index (χ4n) is 2.74. The van der Waals surface area contributed by atoms with Crippen LogP contribution in [0.1, 0.15) is 19.3 Å². The highest BCUT2D eigenvalue weighted by molar-refractivity contribution is 7.90. The molecule has 0 spiro atoms. The van der Waals surface area contributed by atoms with E-state index in [-0.39, 0.29) is 10.4 Å². The molecule has 2 aromatic carbocycles. The Bertz CT molecular complexity index is 1010. The molecule has 2 N–H and O–H groups in total. The number of nitrogens with zero attached hydrogens (tertiary/aromatic N) is 2. The van der Waals surface area contributed by atoms with Crippen LogP contribution in [0.3, 0.4) is 0 Å². The first kappa shape index (κ1) is 16.1. The van der Waals surface area contributed by atoms with Gasteiger partial charge in [0.05, 0.1) is 23.2 Å². The second-order valence-electron chi connectivity index (χ2n) is 6.49. The molecule has 0 atom stereocenters. The van der Waals surface area contributed by atoms with Crippen LogP contribution >= 0.6 is 0 Å². The number of aromatic nitrogens is 2. The third-order valence-electron chi connectivity index (χ3n) is 4.54. The average molecular weight is 357 g/mol. The smallest absolute Gasteiger partial charge is 0.283 e. The third kappa shape index (κ3) is 3.12. The molecule has 0 radical (unpaired) electrons. The van der Waals surface area contributed by atoms with E-state index >= 15 is 0 Å². The van der Waals surface area contributed by atoms with E-state index in [1.165, 1.54) is 6.20 Å². The Morgan fingerprint density at radius 2 is 1.92 bits per heavy atom. The van der Waals surface area contributed by atoms with Crippen LogP contribution in [0.15, 0.2) is 59.6 Å². The van der Waals surface area contributed by atoms with Crippen molar-refractivity contribution < 1.29 is 13.2 Å². The number of hydrogen-bond acceptors (Lipinski definition) is 5. The molecule has 0 aliphatic heterocycles. The van der Waals surface area contributed by atoms with Gasteiger partial charge in [-0.25, -0.2) is 0 Å². The SMILES string of the molecule is NC1(CCOc2ccc3c(cnn3S(=O)(=O)c3ccccc3)c2)CC1. The van der Waals surface area contributed by atoms with E-state index in [4.69, 9.17) is 10.5 Å². The van der Waals surface area contributed by atoms with Crippen molar-refractivity contribution in [3.8, 4) is 5.75 Å². The van der Waals surface area contributed by atoms with Crippen LogP contribution in [0.2, 0.25) is 0 Å². The van der Waals surface area contributed by atoms with E-state index < -0.39 is 10.0 Å². The Morgan fingerprint density at radius 3 is 2.64 bits per heavy atom. The molecule has 25 heavy (non-hydrogen) atoms. The minimum atomic E-state index is -3.71. The molecule has 1 fully saturated rings. The van der Waals surface area contributed by atoms with E-state index in [0.29, 0.717) is 23.3 Å². The van der Waals surface area contributed by atoms with Crippen molar-refractivity contribution in [3.63, 3.8) is 0 Å². The lowest BCUT2D eigenvalue weighted by molar-refractivity contribution is 0.294. The largest absolute Gasteiger partial charge is 0.494 e. The van der Waals surface area contributed by atoms with Crippen LogP contribution in [0.25, 0.3) is 10.9 Å². The zero-order chi connectivity index (χ0) is 17.5. The van der Waals surface area contributed by atoms with Crippen molar-refractivity contribution >= 4 is 20.9 Å². The average Bonchev–Trinajstić information content (AvgIpc) is 3.19. The van der Waals surface area contributed by atoms with Crippen molar-refractivity contribution in [2.75, 3.05) is 6.61 Å². The first-order chi connectivity index (χ1) is 12.0. The number of hydrogen-bond donors (Lipinski definition) is 1. The molecule has 1 aromatic heterocycles. The molecule has 7 heteroatoms. The summed E-state index contributed by atoms with van der Waals surface area (Å²) in [7, 11) is -3.71. The molecule has 1 aliphatic rings. The summed E-state index contributed by atoms with van der Waals surface area (Å²) in [5.41, 5.74) is 6.53. The molecule has 1 aliphatic carbocycles. The Hall–Kier alpha value is -2.38. The van der Waals surface area contributed by atoms with Crippen LogP contribution in [-0.2, 0) is 10.0 Å². The fraction of sp³-hybridized carbons (Fsp3) is 0.278. The van der Waals surface area contributed by atoms with Gasteiger partial charge in [0.1, 0.15) is 5.75 Å². The standard InChI is InChI=1S/C18H19N3O3S/c19-18(8-9-18)10-11-24-15-6-7-17-14(12-15)13-20-21(17)25(22,23)16-4-2-1-3-5-16/h1-7,12-13H,8-11,19H2. The lowest BCUT2D eigenvalue weighted by atomic mass is 10.2. The number of benzene rings is 2. The summed E-state index contributed by atoms with van der Waals surface area (Å²) in [6.07, 6.45) is 4.47. The number of fused-ring (bicyclic) bond motifs is 1. The predicted octanol–water partition coefficient (Wildman–Crippen LogP) is 2.53. The molecular formula is C18H19N3O3S. The van der Waals surface area contributed by atoms with E-state index in [2.05, 4.69) is 5.10 Å². The van der Waals surface area contributed by atoms with Crippen LogP contribution in [-0.4, -0.2) is 29.7 Å². The van der Waals surface area contributed by atoms with Crippen molar-refractivity contribution in [2.24, 2.45) is 5.73 Å². The molecule has 130 valence electrons. The first-order valence-electron chi connectivity index (χ1n) is 8.18. The second-order valence-corrected chi connectivity index (χ2v) is 8.25. The molecule has 6 nitrogen and oxygen atoms in total. The summed E-state index contributed by atoms with van der Waals surface area (Å²) in [6, 6.07) is 13.5. The molecule has 0 unspecified atom stereocenters. The van der Waals surface area contributed by atoms with Crippen molar-refractivity contribution in [3.05, 3.63) is 54.7 Å². The zero-order valence-corrected chi connectivity index (χ0v) is 14.4. The maximum atomic E-state index is 12.7. The van der Waals surface area contributed by atoms with Crippen molar-refractivity contribution in [2.45, 2.75) is 29.7 Å². The number of rotatable bonds is 6. The van der Waals surface area contributed by atoms with Gasteiger partial charge in [0.2, 0.25) is 0 Å². The molecule has 1 saturated carbocycles. The Kier molecular flexibility index (Phi) is 3.77. The van der Waals surface area contributed by atoms with E-state index in [9.17, 15) is 8.42 Å². The zero-order valence-electron chi connectivity index (χ0n) is 13.6. The summed E-state index contributed by atoms with van der Waals surface area (Å²) < 4.78 is 32.3. The van der Waals surface area contributed by atoms with Crippen LogP contribution < -0.4 is 10.5 Å². The van der Waals surface area contributed by atoms with Gasteiger partial charge >= 0.3 is 0 Å². The van der Waals surface area contributed by atoms with E-state index in [1.54, 1.807) is 48.5 Å². The summed E-state index contributed by atoms with van der Waals surface area (Å²) >= 11 is 0. The molecule has 0 saturated heterocycles. The highest BCUT2D eigenvalue weighted by atomic mass is 32.2. The van der Waals surface area contributed by atoms with Gasteiger partial charge in [0.25, 0.3) is 10.0 Å². The Morgan fingerprint density at radius 1 is 1.16 bits per heavy atom. The van der Waals surface area contributed by atoms with Crippen molar-refractivity contribution in [1.29, 1.82) is 0 Å². The Balaban J connectivity index is 1.59. The molecular weight excluding hydrogens is 338 g/mol. The van der Waals surface area contributed by atoms with Crippen LogP contribution in [0.4, 0.5) is 0 Å². The van der Waals surface area contributed by atoms with Gasteiger partial charge in [0.15, 0.2) is 0 Å². The summed E-state index contributed by atoms with van der Waals surface area (Å²) in [6.45, 7) is 0.554. The second kappa shape index (κ2) is 5.86. The number of ether oxygens (including phenoxy) is 1. The molecule has 4 rings (SSSR count). The minimum Gasteiger partial charge on any atom is -0.494 e. The fourth-order valence-corrected chi connectivity index (χ4v) is 4.04. The van der Waals surface area contributed by atoms with Gasteiger partial charge in [-0.2, -0.15) is 17.6 Å². The number of nitrogens with two attached hydrogens (primary N) is 1. The molecule has 1 heterocycles. The van der Waals surface area contributed by atoms with Gasteiger partial charge in [0, 0.05) is 10.9 Å². The summed E-state index contributed by atoms with van der Waals surface area (Å²) in [5, 5.41) is 4.78. The monoisotopic (exact) mass is 357 g/mol. The van der Waals surface area contributed by atoms with Gasteiger partial charge in [-0.3, -0.25) is 0 Å². The van der Waals surface area contributed by atoms with Gasteiger partial charge in [-0.15, -0.1) is 0 Å². The van der Waals surface area contributed by atoms with Crippen LogP contribution in [0, 0.1) is 0 Å². The van der Waals surface area contributed by atoms with E-state index in [0.717, 1.165) is 23.3 Å². The maximum Gasteiger partial charge on any atom is 0.283 e. The predicted molar refractivity (Wildman–Crippen MR) is 95.0 cm³/mol. The maximum absolute atomic E-state index is 12.7. The van der Waals surface area contributed by atoms with Gasteiger partial charge in [-0.1, -0.05) is 18.2 Å². The quantitative estimate of drug-likeness (QED) is 0.732. The molecule has 0 bridgehead atoms. The highest BCUT2D eigenvalue weighted by Gasteiger charge is 2.37. The van der Waals surface area contributed by atoms with E-state index in [1.807, 2.05) is 0 Å².